The Labute approximate surface area is 135 Å². The Morgan fingerprint density at radius 2 is 1.83 bits per heavy atom. The van der Waals surface area contributed by atoms with Gasteiger partial charge in [0.15, 0.2) is 0 Å². The fraction of sp³-hybridized carbons (Fsp3) is 0.167. The maximum absolute atomic E-state index is 13.6. The van der Waals surface area contributed by atoms with Gasteiger partial charge in [-0.25, -0.2) is 9.37 Å². The van der Waals surface area contributed by atoms with E-state index in [-0.39, 0.29) is 17.8 Å². The lowest BCUT2D eigenvalue weighted by molar-refractivity contribution is -0.137. The number of alkyl halides is 3. The molecule has 2 nitrogen and oxygen atoms in total. The molecule has 6 heteroatoms. The second-order valence-corrected chi connectivity index (χ2v) is 5.53. The van der Waals surface area contributed by atoms with Crippen molar-refractivity contribution in [3.8, 4) is 11.3 Å². The van der Waals surface area contributed by atoms with E-state index in [9.17, 15) is 17.6 Å². The molecule has 3 aromatic rings. The molecule has 0 aliphatic carbocycles. The minimum absolute atomic E-state index is 0.0000255. The van der Waals surface area contributed by atoms with Crippen LogP contribution in [-0.4, -0.2) is 4.98 Å². The Hall–Kier alpha value is -2.47. The molecule has 2 aromatic carbocycles. The van der Waals surface area contributed by atoms with Crippen LogP contribution < -0.4 is 5.73 Å². The molecule has 0 bridgehead atoms. The Morgan fingerprint density at radius 3 is 2.50 bits per heavy atom. The Balaban J connectivity index is 2.37. The molecule has 0 radical (unpaired) electrons. The van der Waals surface area contributed by atoms with Gasteiger partial charge in [-0.05, 0) is 42.3 Å². The van der Waals surface area contributed by atoms with Crippen molar-refractivity contribution in [2.45, 2.75) is 19.6 Å². The van der Waals surface area contributed by atoms with Gasteiger partial charge >= 0.3 is 6.18 Å². The quantitative estimate of drug-likeness (QED) is 0.682. The third-order valence-electron chi connectivity index (χ3n) is 3.89. The van der Waals surface area contributed by atoms with E-state index in [0.29, 0.717) is 11.1 Å². The molecule has 0 saturated carbocycles. The highest BCUT2D eigenvalue weighted by Gasteiger charge is 2.34. The molecule has 0 unspecified atom stereocenters. The zero-order chi connectivity index (χ0) is 17.5. The SMILES string of the molecule is Cc1cccc2cc(CN)c(-c3cc(F)ccc3C(F)(F)F)nc12. The molecule has 124 valence electrons. The zero-order valence-electron chi connectivity index (χ0n) is 12.8. The predicted molar refractivity (Wildman–Crippen MR) is 84.8 cm³/mol. The van der Waals surface area contributed by atoms with Gasteiger partial charge < -0.3 is 5.73 Å². The number of fused-ring (bicyclic) bond motifs is 1. The molecular weight excluding hydrogens is 320 g/mol. The second kappa shape index (κ2) is 5.87. The molecule has 0 spiro atoms. The van der Waals surface area contributed by atoms with Gasteiger partial charge in [-0.3, -0.25) is 0 Å². The first kappa shape index (κ1) is 16.4. The zero-order valence-corrected chi connectivity index (χ0v) is 12.8. The smallest absolute Gasteiger partial charge is 0.326 e. The number of benzene rings is 2. The van der Waals surface area contributed by atoms with Crippen LogP contribution in [0.1, 0.15) is 16.7 Å². The summed E-state index contributed by atoms with van der Waals surface area (Å²) in [5.74, 6) is -0.757. The number of para-hydroxylation sites is 1. The number of hydrogen-bond acceptors (Lipinski definition) is 2. The summed E-state index contributed by atoms with van der Waals surface area (Å²) in [7, 11) is 0. The first-order chi connectivity index (χ1) is 11.3. The minimum Gasteiger partial charge on any atom is -0.326 e. The summed E-state index contributed by atoms with van der Waals surface area (Å²) in [6, 6.07) is 9.55. The molecule has 0 saturated heterocycles. The van der Waals surface area contributed by atoms with Crippen LogP contribution in [0.4, 0.5) is 17.6 Å². The highest BCUT2D eigenvalue weighted by Crippen LogP contribution is 2.38. The van der Waals surface area contributed by atoms with Crippen molar-refractivity contribution in [2.24, 2.45) is 5.73 Å². The summed E-state index contributed by atoms with van der Waals surface area (Å²) in [4.78, 5) is 4.38. The summed E-state index contributed by atoms with van der Waals surface area (Å²) >= 11 is 0. The lowest BCUT2D eigenvalue weighted by Gasteiger charge is -2.16. The van der Waals surface area contributed by atoms with E-state index in [0.717, 1.165) is 29.1 Å². The van der Waals surface area contributed by atoms with Crippen molar-refractivity contribution >= 4 is 10.9 Å². The molecule has 2 N–H and O–H groups in total. The molecule has 3 rings (SSSR count). The maximum atomic E-state index is 13.6. The van der Waals surface area contributed by atoms with Gasteiger partial charge in [-0.15, -0.1) is 0 Å². The lowest BCUT2D eigenvalue weighted by Crippen LogP contribution is -2.10. The standard InChI is InChI=1S/C18H14F4N2/c1-10-3-2-4-11-7-12(9-23)17(24-16(10)11)14-8-13(19)5-6-15(14)18(20,21)22/h2-8H,9,23H2,1H3. The number of hydrogen-bond donors (Lipinski definition) is 1. The molecule has 0 atom stereocenters. The second-order valence-electron chi connectivity index (χ2n) is 5.53. The summed E-state index contributed by atoms with van der Waals surface area (Å²) in [5.41, 5.74) is 6.36. The third kappa shape index (κ3) is 2.85. The van der Waals surface area contributed by atoms with Gasteiger partial charge in [0.1, 0.15) is 5.82 Å². The number of halogens is 4. The van der Waals surface area contributed by atoms with E-state index in [4.69, 9.17) is 5.73 Å². The Morgan fingerprint density at radius 1 is 1.08 bits per heavy atom. The average molecular weight is 334 g/mol. The van der Waals surface area contributed by atoms with Crippen LogP contribution in [0.25, 0.3) is 22.2 Å². The Bertz CT molecular complexity index is 917. The molecule has 0 amide bonds. The molecule has 24 heavy (non-hydrogen) atoms. The summed E-state index contributed by atoms with van der Waals surface area (Å²) in [6.07, 6.45) is -4.61. The average Bonchev–Trinajstić information content (AvgIpc) is 2.53. The van der Waals surface area contributed by atoms with Gasteiger partial charge in [0, 0.05) is 17.5 Å². The van der Waals surface area contributed by atoms with E-state index < -0.39 is 17.6 Å². The first-order valence-corrected chi connectivity index (χ1v) is 7.27. The monoisotopic (exact) mass is 334 g/mol. The topological polar surface area (TPSA) is 38.9 Å². The van der Waals surface area contributed by atoms with E-state index >= 15 is 0 Å². The van der Waals surface area contributed by atoms with Gasteiger partial charge in [0.25, 0.3) is 0 Å². The van der Waals surface area contributed by atoms with Crippen LogP contribution in [-0.2, 0) is 12.7 Å². The first-order valence-electron chi connectivity index (χ1n) is 7.27. The molecule has 1 heterocycles. The molecule has 0 fully saturated rings. The van der Waals surface area contributed by atoms with Crippen molar-refractivity contribution in [3.63, 3.8) is 0 Å². The van der Waals surface area contributed by atoms with Gasteiger partial charge in [-0.2, -0.15) is 13.2 Å². The Kier molecular flexibility index (Phi) is 4.01. The predicted octanol–water partition coefficient (Wildman–Crippen LogP) is 4.83. The summed E-state index contributed by atoms with van der Waals surface area (Å²) in [5, 5.41) is 0.782. The molecular formula is C18H14F4N2. The van der Waals surface area contributed by atoms with Crippen LogP contribution in [0.15, 0.2) is 42.5 Å². The number of aryl methyl sites for hydroxylation is 1. The van der Waals surface area contributed by atoms with Crippen molar-refractivity contribution < 1.29 is 17.6 Å². The fourth-order valence-corrected chi connectivity index (χ4v) is 2.74. The van der Waals surface area contributed by atoms with E-state index in [1.54, 1.807) is 6.07 Å². The number of nitrogens with zero attached hydrogens (tertiary/aromatic N) is 1. The minimum atomic E-state index is -4.61. The van der Waals surface area contributed by atoms with E-state index in [2.05, 4.69) is 4.98 Å². The van der Waals surface area contributed by atoms with Gasteiger partial charge in [0.2, 0.25) is 0 Å². The number of aromatic nitrogens is 1. The lowest BCUT2D eigenvalue weighted by atomic mass is 9.97. The highest BCUT2D eigenvalue weighted by molar-refractivity contribution is 5.86. The summed E-state index contributed by atoms with van der Waals surface area (Å²) < 4.78 is 53.6. The fourth-order valence-electron chi connectivity index (χ4n) is 2.74. The van der Waals surface area contributed by atoms with E-state index in [1.165, 1.54) is 0 Å². The van der Waals surface area contributed by atoms with Crippen molar-refractivity contribution in [2.75, 3.05) is 0 Å². The van der Waals surface area contributed by atoms with Crippen molar-refractivity contribution in [3.05, 3.63) is 65.0 Å². The molecule has 0 aliphatic heterocycles. The van der Waals surface area contributed by atoms with Crippen molar-refractivity contribution in [1.29, 1.82) is 0 Å². The van der Waals surface area contributed by atoms with Gasteiger partial charge in [0.05, 0.1) is 16.8 Å². The molecule has 0 aliphatic rings. The number of nitrogens with two attached hydrogens (primary N) is 1. The van der Waals surface area contributed by atoms with Crippen LogP contribution >= 0.6 is 0 Å². The normalized spacial score (nSPS) is 11.9. The largest absolute Gasteiger partial charge is 0.417 e. The summed E-state index contributed by atoms with van der Waals surface area (Å²) in [6.45, 7) is 1.82. The van der Waals surface area contributed by atoms with Crippen LogP contribution in [0.2, 0.25) is 0 Å². The van der Waals surface area contributed by atoms with Gasteiger partial charge in [-0.1, -0.05) is 18.2 Å². The van der Waals surface area contributed by atoms with Crippen molar-refractivity contribution in [1.82, 2.24) is 4.98 Å². The molecule has 1 aromatic heterocycles. The van der Waals surface area contributed by atoms with Crippen LogP contribution in [0.3, 0.4) is 0 Å². The number of pyridine rings is 1. The number of rotatable bonds is 2. The third-order valence-corrected chi connectivity index (χ3v) is 3.89. The maximum Gasteiger partial charge on any atom is 0.417 e. The van der Waals surface area contributed by atoms with Crippen LogP contribution in [0, 0.1) is 12.7 Å². The van der Waals surface area contributed by atoms with Crippen LogP contribution in [0.5, 0.6) is 0 Å². The van der Waals surface area contributed by atoms with E-state index in [1.807, 2.05) is 25.1 Å². The highest BCUT2D eigenvalue weighted by atomic mass is 19.4.